The molecule has 0 bridgehead atoms. The van der Waals surface area contributed by atoms with Gasteiger partial charge in [0.15, 0.2) is 0 Å². The normalized spacial score (nSPS) is 14.7. The second-order valence-corrected chi connectivity index (χ2v) is 5.51. The molecule has 0 saturated carbocycles. The molecule has 5 nitrogen and oxygen atoms in total. The predicted octanol–water partition coefficient (Wildman–Crippen LogP) is 3.43. The van der Waals surface area contributed by atoms with E-state index in [0.29, 0.717) is 22.5 Å². The number of hydrogen-bond donors (Lipinski definition) is 2. The van der Waals surface area contributed by atoms with Crippen LogP contribution in [0.5, 0.6) is 0 Å². The van der Waals surface area contributed by atoms with Crippen LogP contribution in [-0.4, -0.2) is 22.0 Å². The lowest BCUT2D eigenvalue weighted by molar-refractivity contribution is -0.110. The number of aromatic carboxylic acids is 1. The molecular formula is C19H12N2O3. The molecule has 1 aromatic heterocycles. The summed E-state index contributed by atoms with van der Waals surface area (Å²) in [6, 6.07) is 16.1. The fourth-order valence-corrected chi connectivity index (χ4v) is 2.77. The van der Waals surface area contributed by atoms with E-state index >= 15 is 0 Å². The number of carbonyl (C=O) groups is 2. The Kier molecular flexibility index (Phi) is 3.13. The summed E-state index contributed by atoms with van der Waals surface area (Å²) in [5.41, 5.74) is 3.22. The van der Waals surface area contributed by atoms with Crippen LogP contribution in [-0.2, 0) is 4.79 Å². The number of pyridine rings is 1. The van der Waals surface area contributed by atoms with Crippen LogP contribution in [0.25, 0.3) is 22.6 Å². The van der Waals surface area contributed by atoms with Gasteiger partial charge in [0.1, 0.15) is 0 Å². The van der Waals surface area contributed by atoms with E-state index in [0.717, 1.165) is 10.9 Å². The lowest BCUT2D eigenvalue weighted by atomic mass is 10.0. The van der Waals surface area contributed by atoms with Gasteiger partial charge in [0.2, 0.25) is 0 Å². The largest absolute Gasteiger partial charge is 0.478 e. The number of carboxylic acids is 1. The van der Waals surface area contributed by atoms with E-state index in [2.05, 4.69) is 10.3 Å². The minimum atomic E-state index is -1.03. The Morgan fingerprint density at radius 3 is 2.75 bits per heavy atom. The van der Waals surface area contributed by atoms with Gasteiger partial charge in [0.25, 0.3) is 5.91 Å². The molecule has 116 valence electrons. The number of rotatable bonds is 2. The quantitative estimate of drug-likeness (QED) is 0.710. The summed E-state index contributed by atoms with van der Waals surface area (Å²) in [5.74, 6) is -1.29. The Hall–Kier alpha value is -3.47. The van der Waals surface area contributed by atoms with Gasteiger partial charge in [-0.1, -0.05) is 24.3 Å². The first kappa shape index (κ1) is 14.1. The summed E-state index contributed by atoms with van der Waals surface area (Å²) in [6.07, 6.45) is 1.68. The topological polar surface area (TPSA) is 79.3 Å². The van der Waals surface area contributed by atoms with Crippen LogP contribution in [0, 0.1) is 0 Å². The van der Waals surface area contributed by atoms with Crippen molar-refractivity contribution in [1.82, 2.24) is 4.98 Å². The van der Waals surface area contributed by atoms with E-state index < -0.39 is 5.97 Å². The number of anilines is 1. The molecule has 3 aromatic rings. The first-order valence-electron chi connectivity index (χ1n) is 7.38. The number of nitrogens with one attached hydrogen (secondary N) is 1. The third-order valence-electron chi connectivity index (χ3n) is 3.96. The Morgan fingerprint density at radius 1 is 1.08 bits per heavy atom. The molecule has 0 unspecified atom stereocenters. The molecule has 0 radical (unpaired) electrons. The van der Waals surface area contributed by atoms with Crippen LogP contribution in [0.15, 0.2) is 54.6 Å². The second kappa shape index (κ2) is 5.31. The Morgan fingerprint density at radius 2 is 1.92 bits per heavy atom. The number of aromatic nitrogens is 1. The van der Waals surface area contributed by atoms with Gasteiger partial charge in [-0.2, -0.15) is 0 Å². The molecule has 2 heterocycles. The summed E-state index contributed by atoms with van der Waals surface area (Å²) in [4.78, 5) is 27.9. The number of carboxylic acid groups (broad SMARTS) is 1. The monoisotopic (exact) mass is 316 g/mol. The Bertz CT molecular complexity index is 1040. The van der Waals surface area contributed by atoms with E-state index in [-0.39, 0.29) is 11.5 Å². The lowest BCUT2D eigenvalue weighted by Gasteiger charge is -2.02. The third kappa shape index (κ3) is 2.32. The van der Waals surface area contributed by atoms with Crippen molar-refractivity contribution >= 4 is 40.1 Å². The molecule has 1 aliphatic rings. The van der Waals surface area contributed by atoms with Gasteiger partial charge in [-0.25, -0.2) is 9.78 Å². The molecule has 5 heteroatoms. The van der Waals surface area contributed by atoms with Crippen molar-refractivity contribution in [3.8, 4) is 0 Å². The molecule has 0 saturated heterocycles. The van der Waals surface area contributed by atoms with E-state index in [1.807, 2.05) is 36.4 Å². The number of carbonyl (C=O) groups excluding carboxylic acids is 1. The third-order valence-corrected chi connectivity index (χ3v) is 3.96. The second-order valence-electron chi connectivity index (χ2n) is 5.51. The van der Waals surface area contributed by atoms with Crippen LogP contribution < -0.4 is 5.32 Å². The molecule has 0 aliphatic carbocycles. The van der Waals surface area contributed by atoms with Gasteiger partial charge in [0.05, 0.1) is 22.3 Å². The highest BCUT2D eigenvalue weighted by Gasteiger charge is 2.25. The molecule has 0 spiro atoms. The number of hydrogen-bond acceptors (Lipinski definition) is 3. The van der Waals surface area contributed by atoms with Gasteiger partial charge in [-0.15, -0.1) is 0 Å². The fraction of sp³-hybridized carbons (Fsp3) is 0. The molecule has 4 rings (SSSR count). The molecule has 0 fully saturated rings. The van der Waals surface area contributed by atoms with Crippen molar-refractivity contribution < 1.29 is 14.7 Å². The molecule has 1 amide bonds. The van der Waals surface area contributed by atoms with Gasteiger partial charge in [-0.05, 0) is 36.4 Å². The number of fused-ring (bicyclic) bond motifs is 2. The molecule has 0 atom stereocenters. The van der Waals surface area contributed by atoms with Crippen molar-refractivity contribution in [2.45, 2.75) is 0 Å². The SMILES string of the molecule is O=C1Nc2ccc(C(=O)O)cc2C1=Cc1ccc2ccccc2n1. The molecule has 2 aromatic carbocycles. The smallest absolute Gasteiger partial charge is 0.335 e. The van der Waals surface area contributed by atoms with Crippen LogP contribution in [0.4, 0.5) is 5.69 Å². The Balaban J connectivity index is 1.83. The Labute approximate surface area is 137 Å². The van der Waals surface area contributed by atoms with E-state index in [1.54, 1.807) is 12.1 Å². The molecule has 2 N–H and O–H groups in total. The van der Waals surface area contributed by atoms with Crippen LogP contribution in [0.3, 0.4) is 0 Å². The van der Waals surface area contributed by atoms with E-state index in [1.165, 1.54) is 12.1 Å². The highest BCUT2D eigenvalue weighted by molar-refractivity contribution is 6.35. The standard InChI is InChI=1S/C19H12N2O3/c22-18-15(14-9-12(19(23)24)6-8-17(14)21-18)10-13-7-5-11-3-1-2-4-16(11)20-13/h1-10H,(H,21,22)(H,23,24). The van der Waals surface area contributed by atoms with Gasteiger partial charge in [0, 0.05) is 16.6 Å². The predicted molar refractivity (Wildman–Crippen MR) is 91.6 cm³/mol. The molecule has 1 aliphatic heterocycles. The zero-order chi connectivity index (χ0) is 16.7. The van der Waals surface area contributed by atoms with Gasteiger partial charge >= 0.3 is 5.97 Å². The lowest BCUT2D eigenvalue weighted by Crippen LogP contribution is -2.03. The summed E-state index contributed by atoms with van der Waals surface area (Å²) < 4.78 is 0. The number of amides is 1. The van der Waals surface area contributed by atoms with Crippen molar-refractivity contribution in [2.24, 2.45) is 0 Å². The number of para-hydroxylation sites is 1. The maximum atomic E-state index is 12.2. The van der Waals surface area contributed by atoms with Crippen molar-refractivity contribution in [3.05, 3.63) is 71.4 Å². The van der Waals surface area contributed by atoms with Crippen LogP contribution in [0.2, 0.25) is 0 Å². The van der Waals surface area contributed by atoms with E-state index in [4.69, 9.17) is 5.11 Å². The van der Waals surface area contributed by atoms with Crippen LogP contribution >= 0.6 is 0 Å². The minimum absolute atomic E-state index is 0.141. The highest BCUT2D eigenvalue weighted by atomic mass is 16.4. The zero-order valence-corrected chi connectivity index (χ0v) is 12.5. The van der Waals surface area contributed by atoms with E-state index in [9.17, 15) is 9.59 Å². The fourth-order valence-electron chi connectivity index (χ4n) is 2.77. The maximum Gasteiger partial charge on any atom is 0.335 e. The molecule has 24 heavy (non-hydrogen) atoms. The summed E-state index contributed by atoms with van der Waals surface area (Å²) >= 11 is 0. The molecular weight excluding hydrogens is 304 g/mol. The summed E-state index contributed by atoms with van der Waals surface area (Å²) in [7, 11) is 0. The maximum absolute atomic E-state index is 12.2. The van der Waals surface area contributed by atoms with Crippen molar-refractivity contribution in [2.75, 3.05) is 5.32 Å². The average Bonchev–Trinajstić information content (AvgIpc) is 2.89. The summed E-state index contributed by atoms with van der Waals surface area (Å²) in [5, 5.41) is 12.9. The minimum Gasteiger partial charge on any atom is -0.478 e. The highest BCUT2D eigenvalue weighted by Crippen LogP contribution is 2.33. The first-order chi connectivity index (χ1) is 11.6. The zero-order valence-electron chi connectivity index (χ0n) is 12.5. The van der Waals surface area contributed by atoms with Gasteiger partial charge in [-0.3, -0.25) is 4.79 Å². The van der Waals surface area contributed by atoms with Crippen molar-refractivity contribution in [3.63, 3.8) is 0 Å². The number of benzene rings is 2. The number of nitrogens with zero attached hydrogens (tertiary/aromatic N) is 1. The van der Waals surface area contributed by atoms with Crippen LogP contribution in [0.1, 0.15) is 21.6 Å². The summed E-state index contributed by atoms with van der Waals surface area (Å²) in [6.45, 7) is 0. The van der Waals surface area contributed by atoms with Gasteiger partial charge < -0.3 is 10.4 Å². The first-order valence-corrected chi connectivity index (χ1v) is 7.38. The van der Waals surface area contributed by atoms with Crippen molar-refractivity contribution in [1.29, 1.82) is 0 Å². The average molecular weight is 316 g/mol.